The van der Waals surface area contributed by atoms with Crippen molar-refractivity contribution in [2.75, 3.05) is 21.3 Å². The van der Waals surface area contributed by atoms with Gasteiger partial charge in [0.1, 0.15) is 0 Å². The van der Waals surface area contributed by atoms with Crippen molar-refractivity contribution < 1.29 is 0 Å². The summed E-state index contributed by atoms with van der Waals surface area (Å²) in [4.78, 5) is 0. The Hall–Kier alpha value is -20.1. The summed E-state index contributed by atoms with van der Waals surface area (Å²) in [5.41, 5.74) is 40.2. The zero-order valence-electron chi connectivity index (χ0n) is 82.4. The van der Waals surface area contributed by atoms with Crippen LogP contribution in [-0.2, 0) is 0 Å². The Morgan fingerprint density at radius 3 is 0.633 bits per heavy atom. The van der Waals surface area contributed by atoms with Gasteiger partial charge >= 0.3 is 0 Å². The van der Waals surface area contributed by atoms with Gasteiger partial charge in [0, 0.05) is 117 Å². The second-order valence-corrected chi connectivity index (χ2v) is 37.8. The van der Waals surface area contributed by atoms with Gasteiger partial charge in [0.05, 0.1) is 44.1 Å². The van der Waals surface area contributed by atoms with E-state index in [0.717, 1.165) is 45.5 Å². The van der Waals surface area contributed by atoms with E-state index >= 15 is 0 Å². The van der Waals surface area contributed by atoms with Crippen LogP contribution in [0.25, 0.3) is 199 Å². The third kappa shape index (κ3) is 18.7. The number of para-hydroxylation sites is 12. The molecule has 4 heterocycles. The first kappa shape index (κ1) is 91.2. The van der Waals surface area contributed by atoms with E-state index in [9.17, 15) is 0 Å². The van der Waals surface area contributed by atoms with Gasteiger partial charge in [-0.15, -0.1) is 0 Å². The van der Waals surface area contributed by atoms with Crippen LogP contribution in [0.2, 0.25) is 0 Å². The van der Waals surface area contributed by atoms with E-state index in [-0.39, 0.29) is 0 Å². The molecule has 0 fully saturated rings. The average molecular weight is 1920 g/mol. The summed E-state index contributed by atoms with van der Waals surface area (Å²) >= 11 is 0. The third-order valence-corrected chi connectivity index (χ3v) is 28.5. The van der Waals surface area contributed by atoms with E-state index in [0.29, 0.717) is 0 Å². The van der Waals surface area contributed by atoms with Crippen molar-refractivity contribution in [3.8, 4) is 101 Å². The first-order valence-corrected chi connectivity index (χ1v) is 51.1. The quantitative estimate of drug-likeness (QED) is 0.0651. The van der Waals surface area contributed by atoms with E-state index in [1.165, 1.54) is 199 Å². The van der Waals surface area contributed by atoms with Crippen molar-refractivity contribution in [2.45, 2.75) is 0 Å². The molecule has 0 aliphatic heterocycles. The van der Waals surface area contributed by atoms with Crippen molar-refractivity contribution in [2.24, 2.45) is 0 Å². The van der Waals surface area contributed by atoms with Crippen LogP contribution < -0.4 is 21.3 Å². The number of aromatic nitrogens is 4. The second kappa shape index (κ2) is 41.3. The molecule has 0 unspecified atom stereocenters. The number of rotatable bonds is 19. The van der Waals surface area contributed by atoms with Crippen molar-refractivity contribution in [1.82, 2.24) is 18.3 Å². The highest BCUT2D eigenvalue weighted by molar-refractivity contribution is 6.15. The number of hydrogen-bond acceptors (Lipinski definition) is 4. The Morgan fingerprint density at radius 2 is 0.313 bits per heavy atom. The highest BCUT2D eigenvalue weighted by atomic mass is 15.0. The lowest BCUT2D eigenvalue weighted by Gasteiger charge is -2.14. The Labute approximate surface area is 871 Å². The fourth-order valence-corrected chi connectivity index (χ4v) is 21.3. The summed E-state index contributed by atoms with van der Waals surface area (Å²) in [6, 6.07) is 211. The summed E-state index contributed by atoms with van der Waals surface area (Å²) in [5, 5.41) is 26.6. The minimum absolute atomic E-state index is 1.08. The van der Waals surface area contributed by atoms with Crippen LogP contribution in [0.15, 0.2) is 595 Å². The minimum Gasteiger partial charge on any atom is -0.356 e. The molecule has 0 saturated heterocycles. The molecule has 710 valence electrons. The second-order valence-electron chi connectivity index (χ2n) is 37.8. The zero-order chi connectivity index (χ0) is 99.8. The molecule has 4 N–H and O–H groups in total. The van der Waals surface area contributed by atoms with Gasteiger partial charge < -0.3 is 39.5 Å². The standard InChI is InChI=1S/C42H30N2.C36H26N2.C34H24N2.C30H22N2/c1-3-9-36(10-4-1)43-37-26-23-33(24-27-37)32-17-15-30(16-18-32)31-19-21-34(22-20-31)35-25-28-42-40(29-35)39-13-7-8-14-41(39)44(42)38-11-5-2-6-12-38;1-3-9-30(10-4-1)37-31-22-19-27(20-23-31)26-15-17-28(18-16-26)29-21-24-36-34(25-29)33-13-7-8-14-35(33)38(36)32-11-5-2-6-12-32;1-3-11-25(12-4-1)35-32-21-20-27(28-15-7-8-16-29(28)32)24-19-22-34-31(23-24)30-17-9-10-18-33(30)36(34)26-13-5-2-6-14-26;1-3-11-24(12-4-1)31-25-13-9-10-22(20-25)23-18-19-30-28(21-23)27-16-7-8-17-29(27)32(30)26-14-5-2-6-15-26/h1-29,43H;1-25,37H;1-23,35H;1-21,31H. The molecule has 0 aliphatic carbocycles. The lowest BCUT2D eigenvalue weighted by Crippen LogP contribution is -1.93. The van der Waals surface area contributed by atoms with Crippen LogP contribution in [0.4, 0.5) is 45.5 Å². The fourth-order valence-electron chi connectivity index (χ4n) is 21.3. The lowest BCUT2D eigenvalue weighted by molar-refractivity contribution is 1.18. The molecular weight excluding hydrogens is 1820 g/mol. The van der Waals surface area contributed by atoms with E-state index in [2.05, 4.69) is 573 Å². The van der Waals surface area contributed by atoms with Gasteiger partial charge in [-0.05, 0) is 296 Å². The molecule has 0 bridgehead atoms. The number of fused-ring (bicyclic) bond motifs is 13. The van der Waals surface area contributed by atoms with Gasteiger partial charge in [0.2, 0.25) is 0 Å². The summed E-state index contributed by atoms with van der Waals surface area (Å²) in [6.07, 6.45) is 0. The number of anilines is 8. The zero-order valence-corrected chi connectivity index (χ0v) is 82.4. The molecule has 0 radical (unpaired) electrons. The van der Waals surface area contributed by atoms with Gasteiger partial charge in [0.15, 0.2) is 0 Å². The third-order valence-electron chi connectivity index (χ3n) is 28.5. The van der Waals surface area contributed by atoms with E-state index < -0.39 is 0 Å². The van der Waals surface area contributed by atoms with E-state index in [1.54, 1.807) is 0 Å². The number of hydrogen-bond donors (Lipinski definition) is 4. The van der Waals surface area contributed by atoms with Crippen LogP contribution in [0.5, 0.6) is 0 Å². The van der Waals surface area contributed by atoms with Crippen LogP contribution in [-0.4, -0.2) is 18.3 Å². The summed E-state index contributed by atoms with van der Waals surface area (Å²) in [5.74, 6) is 0. The molecular formula is C142H102N8. The van der Waals surface area contributed by atoms with Crippen molar-refractivity contribution >= 4 is 143 Å². The number of nitrogens with zero attached hydrogens (tertiary/aromatic N) is 4. The molecule has 4 aromatic heterocycles. The van der Waals surface area contributed by atoms with Crippen molar-refractivity contribution in [1.29, 1.82) is 0 Å². The highest BCUT2D eigenvalue weighted by Crippen LogP contribution is 2.44. The van der Waals surface area contributed by atoms with Gasteiger partial charge in [0.25, 0.3) is 0 Å². The molecule has 0 spiro atoms. The van der Waals surface area contributed by atoms with Crippen LogP contribution in [0.3, 0.4) is 0 Å². The lowest BCUT2D eigenvalue weighted by atomic mass is 9.96. The van der Waals surface area contributed by atoms with Crippen molar-refractivity contribution in [3.63, 3.8) is 0 Å². The maximum absolute atomic E-state index is 3.60. The predicted octanol–water partition coefficient (Wildman–Crippen LogP) is 38.9. The fraction of sp³-hybridized carbons (Fsp3) is 0. The normalized spacial score (nSPS) is 11.2. The predicted molar refractivity (Wildman–Crippen MR) is 638 cm³/mol. The number of nitrogens with one attached hydrogen (secondary N) is 4. The molecule has 0 saturated carbocycles. The molecule has 8 nitrogen and oxygen atoms in total. The Kier molecular flexibility index (Phi) is 25.1. The largest absolute Gasteiger partial charge is 0.356 e. The van der Waals surface area contributed by atoms with E-state index in [4.69, 9.17) is 0 Å². The van der Waals surface area contributed by atoms with Gasteiger partial charge in [-0.25, -0.2) is 0 Å². The van der Waals surface area contributed by atoms with Gasteiger partial charge in [-0.1, -0.05) is 382 Å². The molecule has 150 heavy (non-hydrogen) atoms. The maximum Gasteiger partial charge on any atom is 0.0541 e. The monoisotopic (exact) mass is 1920 g/mol. The van der Waals surface area contributed by atoms with E-state index in [1.807, 2.05) is 60.7 Å². The Bertz CT molecular complexity index is 9650. The Balaban J connectivity index is 0.000000104. The van der Waals surface area contributed by atoms with Crippen LogP contribution in [0, 0.1) is 0 Å². The average Bonchev–Trinajstić information content (AvgIpc) is 1.61. The molecule has 28 aromatic rings. The van der Waals surface area contributed by atoms with Gasteiger partial charge in [-0.3, -0.25) is 0 Å². The summed E-state index contributed by atoms with van der Waals surface area (Å²) < 4.78 is 9.42. The van der Waals surface area contributed by atoms with Crippen LogP contribution >= 0.6 is 0 Å². The van der Waals surface area contributed by atoms with Crippen molar-refractivity contribution in [3.05, 3.63) is 595 Å². The first-order chi connectivity index (χ1) is 74.4. The SMILES string of the molecule is c1ccc(Nc2ccc(-c3ccc(-c4ccc(-c5ccc6c(c5)c5ccccc5n6-c5ccccc5)cc4)cc3)cc2)cc1.c1ccc(Nc2ccc(-c3ccc(-c4ccc5c(c4)c4ccccc4n5-c4ccccc4)cc3)cc2)cc1.c1ccc(Nc2ccc(-c3ccc4c(c3)c3ccccc3n4-c3ccccc3)c3ccccc23)cc1.c1ccc(Nc2cccc(-c3ccc4c(c3)c3ccccc3n4-c3ccccc3)c2)cc1. The first-order valence-electron chi connectivity index (χ1n) is 51.1. The Morgan fingerprint density at radius 1 is 0.107 bits per heavy atom. The molecule has 0 amide bonds. The molecule has 28 rings (SSSR count). The topological polar surface area (TPSA) is 67.8 Å². The van der Waals surface area contributed by atoms with Gasteiger partial charge in [-0.2, -0.15) is 0 Å². The highest BCUT2D eigenvalue weighted by Gasteiger charge is 2.21. The molecule has 24 aromatic carbocycles. The van der Waals surface area contributed by atoms with Crippen LogP contribution in [0.1, 0.15) is 0 Å². The minimum atomic E-state index is 1.08. The molecule has 0 atom stereocenters. The maximum atomic E-state index is 3.60. The summed E-state index contributed by atoms with van der Waals surface area (Å²) in [7, 11) is 0. The molecule has 0 aliphatic rings. The summed E-state index contributed by atoms with van der Waals surface area (Å²) in [6.45, 7) is 0. The number of benzene rings is 24. The smallest absolute Gasteiger partial charge is 0.0541 e. The molecule has 8 heteroatoms.